The van der Waals surface area contributed by atoms with Gasteiger partial charge in [-0.1, -0.05) is 18.2 Å². The molecule has 1 atom stereocenters. The second-order valence-electron chi connectivity index (χ2n) is 4.18. The van der Waals surface area contributed by atoms with Gasteiger partial charge in [0.1, 0.15) is 6.04 Å². The van der Waals surface area contributed by atoms with Gasteiger partial charge in [-0.15, -0.1) is 0 Å². The highest BCUT2D eigenvalue weighted by molar-refractivity contribution is 6.22. The summed E-state index contributed by atoms with van der Waals surface area (Å²) in [5.41, 5.74) is 3.57. The first-order valence-corrected chi connectivity index (χ1v) is 5.45. The average molecular weight is 233 g/mol. The average Bonchev–Trinajstić information content (AvgIpc) is 2.54. The first-order valence-electron chi connectivity index (χ1n) is 5.45. The second-order valence-corrected chi connectivity index (χ2v) is 4.18. The minimum atomic E-state index is -0.460. The molecule has 2 rings (SSSR count). The number of anilines is 1. The summed E-state index contributed by atoms with van der Waals surface area (Å²) in [4.78, 5) is 25.1. The number of hydrogen-bond donors (Lipinski definition) is 1. The Balaban J connectivity index is 2.20. The minimum absolute atomic E-state index is 0.166. The van der Waals surface area contributed by atoms with Crippen LogP contribution in [-0.2, 0) is 9.59 Å². The molecule has 1 N–H and O–H groups in total. The lowest BCUT2D eigenvalue weighted by molar-refractivity contribution is -0.122. The van der Waals surface area contributed by atoms with Crippen LogP contribution in [0, 0.1) is 0 Å². The molecule has 0 aromatic heterocycles. The predicted molar refractivity (Wildman–Crippen MR) is 64.2 cm³/mol. The van der Waals surface area contributed by atoms with Crippen molar-refractivity contribution in [3.63, 3.8) is 0 Å². The number of rotatable bonds is 3. The number of imide groups is 1. The molecule has 17 heavy (non-hydrogen) atoms. The lowest BCUT2D eigenvalue weighted by Crippen LogP contribution is -2.45. The summed E-state index contributed by atoms with van der Waals surface area (Å²) in [6.07, 6.45) is 0.200. The molecule has 0 unspecified atom stereocenters. The van der Waals surface area contributed by atoms with E-state index in [1.54, 1.807) is 31.2 Å². The first kappa shape index (κ1) is 11.8. The minimum Gasteiger partial charge on any atom is -0.274 e. The third-order valence-electron chi connectivity index (χ3n) is 2.58. The van der Waals surface area contributed by atoms with Gasteiger partial charge in [0.25, 0.3) is 5.91 Å². The van der Waals surface area contributed by atoms with E-state index in [4.69, 9.17) is 0 Å². The highest BCUT2D eigenvalue weighted by atomic mass is 16.2. The SMILES string of the molecule is CN(C)N[C@H]1CC(=O)N(c2ccccc2)C1=O. The van der Waals surface area contributed by atoms with Crippen LogP contribution in [0.3, 0.4) is 0 Å². The molecule has 90 valence electrons. The molecule has 0 saturated carbocycles. The van der Waals surface area contributed by atoms with Gasteiger partial charge >= 0.3 is 0 Å². The topological polar surface area (TPSA) is 52.7 Å². The van der Waals surface area contributed by atoms with Crippen LogP contribution in [0.2, 0.25) is 0 Å². The van der Waals surface area contributed by atoms with E-state index in [2.05, 4.69) is 5.43 Å². The van der Waals surface area contributed by atoms with Crippen molar-refractivity contribution in [2.75, 3.05) is 19.0 Å². The molecule has 1 aliphatic rings. The summed E-state index contributed by atoms with van der Waals surface area (Å²) >= 11 is 0. The van der Waals surface area contributed by atoms with Crippen LogP contribution in [0.4, 0.5) is 5.69 Å². The molecule has 2 amide bonds. The van der Waals surface area contributed by atoms with E-state index in [-0.39, 0.29) is 18.2 Å². The largest absolute Gasteiger partial charge is 0.274 e. The molecule has 1 aromatic carbocycles. The van der Waals surface area contributed by atoms with Crippen LogP contribution in [0.5, 0.6) is 0 Å². The van der Waals surface area contributed by atoms with E-state index >= 15 is 0 Å². The monoisotopic (exact) mass is 233 g/mol. The Bertz CT molecular complexity index is 431. The van der Waals surface area contributed by atoms with Gasteiger partial charge in [-0.25, -0.2) is 15.3 Å². The molecule has 1 heterocycles. The number of hydrogen-bond acceptors (Lipinski definition) is 4. The fourth-order valence-corrected chi connectivity index (χ4v) is 1.89. The van der Waals surface area contributed by atoms with E-state index in [1.807, 2.05) is 18.2 Å². The number of para-hydroxylation sites is 1. The number of benzene rings is 1. The summed E-state index contributed by atoms with van der Waals surface area (Å²) in [6, 6.07) is 8.52. The predicted octanol–water partition coefficient (Wildman–Crippen LogP) is 0.385. The molecule has 0 aliphatic carbocycles. The molecule has 5 nitrogen and oxygen atoms in total. The molecule has 0 radical (unpaired) electrons. The van der Waals surface area contributed by atoms with E-state index in [9.17, 15) is 9.59 Å². The normalized spacial score (nSPS) is 20.4. The summed E-state index contributed by atoms with van der Waals surface area (Å²) in [6.45, 7) is 0. The molecule has 5 heteroatoms. The Morgan fingerprint density at radius 3 is 2.47 bits per heavy atom. The maximum absolute atomic E-state index is 12.1. The lowest BCUT2D eigenvalue weighted by atomic mass is 10.2. The number of nitrogens with zero attached hydrogens (tertiary/aromatic N) is 2. The summed E-state index contributed by atoms with van der Waals surface area (Å²) < 4.78 is 0. The molecule has 1 aromatic rings. The van der Waals surface area contributed by atoms with Gasteiger partial charge in [0.05, 0.1) is 12.1 Å². The van der Waals surface area contributed by atoms with Gasteiger partial charge in [-0.05, 0) is 12.1 Å². The Kier molecular flexibility index (Phi) is 3.21. The maximum atomic E-state index is 12.1. The maximum Gasteiger partial charge on any atom is 0.252 e. The zero-order valence-electron chi connectivity index (χ0n) is 9.88. The van der Waals surface area contributed by atoms with E-state index in [1.165, 1.54) is 4.90 Å². The van der Waals surface area contributed by atoms with E-state index < -0.39 is 6.04 Å². The Hall–Kier alpha value is -1.72. The molecule has 0 bridgehead atoms. The molecular weight excluding hydrogens is 218 g/mol. The van der Waals surface area contributed by atoms with Crippen LogP contribution >= 0.6 is 0 Å². The van der Waals surface area contributed by atoms with Crippen LogP contribution < -0.4 is 10.3 Å². The van der Waals surface area contributed by atoms with E-state index in [0.29, 0.717) is 5.69 Å². The number of carbonyl (C=O) groups excluding carboxylic acids is 2. The third kappa shape index (κ3) is 2.35. The van der Waals surface area contributed by atoms with Gasteiger partial charge in [0.15, 0.2) is 0 Å². The fourth-order valence-electron chi connectivity index (χ4n) is 1.89. The van der Waals surface area contributed by atoms with E-state index in [0.717, 1.165) is 0 Å². The van der Waals surface area contributed by atoms with Gasteiger partial charge in [0, 0.05) is 14.1 Å². The third-order valence-corrected chi connectivity index (χ3v) is 2.58. The zero-order valence-corrected chi connectivity index (χ0v) is 9.88. The standard InChI is InChI=1S/C12H15N3O2/c1-14(2)13-10-8-11(16)15(12(10)17)9-6-4-3-5-7-9/h3-7,10,13H,8H2,1-2H3/t10-/m0/s1. The fraction of sp³-hybridized carbons (Fsp3) is 0.333. The molecule has 1 aliphatic heterocycles. The highest BCUT2D eigenvalue weighted by Gasteiger charge is 2.39. The summed E-state index contributed by atoms with van der Waals surface area (Å²) in [7, 11) is 3.59. The molecule has 0 spiro atoms. The van der Waals surface area contributed by atoms with Crippen molar-refractivity contribution in [3.8, 4) is 0 Å². The second kappa shape index (κ2) is 4.65. The van der Waals surface area contributed by atoms with Gasteiger partial charge in [0.2, 0.25) is 5.91 Å². The Labute approximate surface area is 100.0 Å². The molecule has 1 fully saturated rings. The summed E-state index contributed by atoms with van der Waals surface area (Å²) in [5, 5.41) is 1.68. The lowest BCUT2D eigenvalue weighted by Gasteiger charge is -2.18. The smallest absolute Gasteiger partial charge is 0.252 e. The van der Waals surface area contributed by atoms with Gasteiger partial charge < -0.3 is 0 Å². The van der Waals surface area contributed by atoms with Crippen molar-refractivity contribution in [1.29, 1.82) is 0 Å². The number of amides is 2. The molecular formula is C12H15N3O2. The van der Waals surface area contributed by atoms with Crippen molar-refractivity contribution >= 4 is 17.5 Å². The summed E-state index contributed by atoms with van der Waals surface area (Å²) in [5.74, 6) is -0.365. The van der Waals surface area contributed by atoms with Crippen molar-refractivity contribution in [1.82, 2.24) is 10.4 Å². The first-order chi connectivity index (χ1) is 8.09. The zero-order chi connectivity index (χ0) is 12.4. The van der Waals surface area contributed by atoms with Gasteiger partial charge in [-0.2, -0.15) is 0 Å². The highest BCUT2D eigenvalue weighted by Crippen LogP contribution is 2.22. The van der Waals surface area contributed by atoms with Gasteiger partial charge in [-0.3, -0.25) is 9.59 Å². The Morgan fingerprint density at radius 1 is 1.24 bits per heavy atom. The van der Waals surface area contributed by atoms with Crippen molar-refractivity contribution in [2.45, 2.75) is 12.5 Å². The van der Waals surface area contributed by atoms with Crippen molar-refractivity contribution < 1.29 is 9.59 Å². The van der Waals surface area contributed by atoms with Crippen LogP contribution in [-0.4, -0.2) is 37.0 Å². The number of hydrazine groups is 1. The molecule has 1 saturated heterocycles. The Morgan fingerprint density at radius 2 is 1.88 bits per heavy atom. The van der Waals surface area contributed by atoms with Crippen LogP contribution in [0.25, 0.3) is 0 Å². The number of carbonyl (C=O) groups is 2. The van der Waals surface area contributed by atoms with Crippen LogP contribution in [0.1, 0.15) is 6.42 Å². The number of nitrogens with one attached hydrogen (secondary N) is 1. The quantitative estimate of drug-likeness (QED) is 0.606. The van der Waals surface area contributed by atoms with Crippen molar-refractivity contribution in [3.05, 3.63) is 30.3 Å². The van der Waals surface area contributed by atoms with Crippen molar-refractivity contribution in [2.24, 2.45) is 0 Å². The van der Waals surface area contributed by atoms with Crippen LogP contribution in [0.15, 0.2) is 30.3 Å².